The van der Waals surface area contributed by atoms with Gasteiger partial charge in [-0.1, -0.05) is 24.6 Å². The number of aromatic amines is 1. The number of halogens is 1. The molecule has 1 N–H and O–H groups in total. The highest BCUT2D eigenvalue weighted by Gasteiger charge is 2.11. The molecule has 5 nitrogen and oxygen atoms in total. The topological polar surface area (TPSA) is 63.6 Å². The fraction of sp³-hybridized carbons (Fsp3) is 0.188. The number of rotatable bonds is 4. The van der Waals surface area contributed by atoms with Crippen LogP contribution in [0.25, 0.3) is 5.69 Å². The molecule has 0 saturated carbocycles. The molecule has 0 saturated heterocycles. The molecule has 0 bridgehead atoms. The van der Waals surface area contributed by atoms with Gasteiger partial charge in [0.15, 0.2) is 5.82 Å². The standard InChI is InChI=1S/C16H15ClN4O/c1-2-14-19-15(9-11-3-8-16(22)18-10-11)21(20-14)13-6-4-12(17)5-7-13/h3-8,10H,2,9H2,1H3,(H,18,22). The summed E-state index contributed by atoms with van der Waals surface area (Å²) in [6.45, 7) is 2.02. The first-order valence-corrected chi connectivity index (χ1v) is 7.42. The Hall–Kier alpha value is -2.40. The van der Waals surface area contributed by atoms with Crippen molar-refractivity contribution in [1.29, 1.82) is 0 Å². The second-order valence-corrected chi connectivity index (χ2v) is 5.36. The molecule has 0 fully saturated rings. The molecule has 0 radical (unpaired) electrons. The molecule has 3 rings (SSSR count). The molecule has 0 spiro atoms. The maximum Gasteiger partial charge on any atom is 0.247 e. The van der Waals surface area contributed by atoms with Gasteiger partial charge < -0.3 is 4.98 Å². The predicted octanol–water partition coefficient (Wildman–Crippen LogP) is 2.76. The third-order valence-corrected chi connectivity index (χ3v) is 3.57. The van der Waals surface area contributed by atoms with Crippen molar-refractivity contribution < 1.29 is 0 Å². The number of aryl methyl sites for hydroxylation is 1. The summed E-state index contributed by atoms with van der Waals surface area (Å²) in [6, 6.07) is 10.8. The normalized spacial score (nSPS) is 10.8. The summed E-state index contributed by atoms with van der Waals surface area (Å²) in [5, 5.41) is 5.22. The van der Waals surface area contributed by atoms with Crippen LogP contribution in [0.2, 0.25) is 5.02 Å². The zero-order chi connectivity index (χ0) is 15.5. The summed E-state index contributed by atoms with van der Waals surface area (Å²) in [6.07, 6.45) is 3.06. The third-order valence-electron chi connectivity index (χ3n) is 3.32. The molecule has 0 aliphatic rings. The molecular weight excluding hydrogens is 300 g/mol. The fourth-order valence-electron chi connectivity index (χ4n) is 2.18. The van der Waals surface area contributed by atoms with E-state index < -0.39 is 0 Å². The average molecular weight is 315 g/mol. The van der Waals surface area contributed by atoms with Crippen LogP contribution < -0.4 is 5.56 Å². The van der Waals surface area contributed by atoms with E-state index in [0.717, 1.165) is 29.3 Å². The fourth-order valence-corrected chi connectivity index (χ4v) is 2.31. The summed E-state index contributed by atoms with van der Waals surface area (Å²) in [5.41, 5.74) is 1.78. The van der Waals surface area contributed by atoms with E-state index in [1.165, 1.54) is 6.07 Å². The Morgan fingerprint density at radius 3 is 2.59 bits per heavy atom. The summed E-state index contributed by atoms with van der Waals surface area (Å²) < 4.78 is 1.82. The minimum absolute atomic E-state index is 0.114. The van der Waals surface area contributed by atoms with Crippen LogP contribution in [-0.4, -0.2) is 19.7 Å². The molecule has 3 aromatic rings. The van der Waals surface area contributed by atoms with Gasteiger partial charge in [-0.3, -0.25) is 4.79 Å². The molecule has 112 valence electrons. The Balaban J connectivity index is 1.99. The van der Waals surface area contributed by atoms with Crippen LogP contribution in [0.3, 0.4) is 0 Å². The van der Waals surface area contributed by atoms with Crippen molar-refractivity contribution in [3.63, 3.8) is 0 Å². The van der Waals surface area contributed by atoms with Crippen molar-refractivity contribution in [3.05, 3.63) is 75.2 Å². The quantitative estimate of drug-likeness (QED) is 0.805. The number of H-pyrrole nitrogens is 1. The molecule has 22 heavy (non-hydrogen) atoms. The van der Waals surface area contributed by atoms with E-state index in [1.54, 1.807) is 12.3 Å². The lowest BCUT2D eigenvalue weighted by Gasteiger charge is -2.06. The van der Waals surface area contributed by atoms with Crippen molar-refractivity contribution >= 4 is 11.6 Å². The SMILES string of the molecule is CCc1nc(Cc2ccc(=O)[nH]c2)n(-c2ccc(Cl)cc2)n1. The van der Waals surface area contributed by atoms with Gasteiger partial charge in [-0.05, 0) is 29.8 Å². The second-order valence-electron chi connectivity index (χ2n) is 4.92. The van der Waals surface area contributed by atoms with E-state index >= 15 is 0 Å². The molecule has 1 aromatic carbocycles. The van der Waals surface area contributed by atoms with Crippen LogP contribution in [-0.2, 0) is 12.8 Å². The lowest BCUT2D eigenvalue weighted by atomic mass is 10.2. The van der Waals surface area contributed by atoms with Gasteiger partial charge in [0.05, 0.1) is 5.69 Å². The molecule has 0 amide bonds. The Kier molecular flexibility index (Phi) is 4.06. The highest BCUT2D eigenvalue weighted by molar-refractivity contribution is 6.30. The Labute approximate surface area is 132 Å². The van der Waals surface area contributed by atoms with E-state index in [0.29, 0.717) is 11.4 Å². The Bertz CT molecular complexity index is 816. The maximum atomic E-state index is 11.1. The van der Waals surface area contributed by atoms with Gasteiger partial charge in [0.1, 0.15) is 5.82 Å². The van der Waals surface area contributed by atoms with E-state index in [2.05, 4.69) is 15.1 Å². The van der Waals surface area contributed by atoms with Gasteiger partial charge in [-0.2, -0.15) is 5.10 Å². The van der Waals surface area contributed by atoms with Crippen LogP contribution in [0.1, 0.15) is 24.1 Å². The molecule has 0 atom stereocenters. The number of hydrogen-bond donors (Lipinski definition) is 1. The highest BCUT2D eigenvalue weighted by Crippen LogP contribution is 2.16. The first-order valence-electron chi connectivity index (χ1n) is 7.04. The first kappa shape index (κ1) is 14.5. The Morgan fingerprint density at radius 2 is 1.95 bits per heavy atom. The van der Waals surface area contributed by atoms with E-state index in [1.807, 2.05) is 35.9 Å². The van der Waals surface area contributed by atoms with Crippen molar-refractivity contribution in [2.24, 2.45) is 0 Å². The first-order chi connectivity index (χ1) is 10.7. The molecular formula is C16H15ClN4O. The molecule has 6 heteroatoms. The van der Waals surface area contributed by atoms with Gasteiger partial charge in [0, 0.05) is 30.1 Å². The third kappa shape index (κ3) is 3.09. The number of benzene rings is 1. The zero-order valence-electron chi connectivity index (χ0n) is 12.1. The Morgan fingerprint density at radius 1 is 1.18 bits per heavy atom. The van der Waals surface area contributed by atoms with Crippen molar-refractivity contribution in [3.8, 4) is 5.69 Å². The molecule has 2 heterocycles. The monoisotopic (exact) mass is 314 g/mol. The maximum absolute atomic E-state index is 11.1. The summed E-state index contributed by atoms with van der Waals surface area (Å²) in [4.78, 5) is 18.4. The molecule has 0 aliphatic carbocycles. The van der Waals surface area contributed by atoms with E-state index in [9.17, 15) is 4.79 Å². The van der Waals surface area contributed by atoms with Gasteiger partial charge in [0.25, 0.3) is 0 Å². The van der Waals surface area contributed by atoms with Crippen LogP contribution in [0.15, 0.2) is 47.4 Å². The molecule has 0 aliphatic heterocycles. The summed E-state index contributed by atoms with van der Waals surface area (Å²) in [7, 11) is 0. The smallest absolute Gasteiger partial charge is 0.247 e. The van der Waals surface area contributed by atoms with E-state index in [-0.39, 0.29) is 5.56 Å². The minimum atomic E-state index is -0.114. The molecule has 0 unspecified atom stereocenters. The second kappa shape index (κ2) is 6.15. The van der Waals surface area contributed by atoms with Gasteiger partial charge in [-0.25, -0.2) is 9.67 Å². The van der Waals surface area contributed by atoms with Crippen LogP contribution >= 0.6 is 11.6 Å². The highest BCUT2D eigenvalue weighted by atomic mass is 35.5. The molecule has 2 aromatic heterocycles. The van der Waals surface area contributed by atoms with Crippen LogP contribution in [0.4, 0.5) is 0 Å². The number of aromatic nitrogens is 4. The number of hydrogen-bond acceptors (Lipinski definition) is 3. The van der Waals surface area contributed by atoms with Crippen molar-refractivity contribution in [2.75, 3.05) is 0 Å². The lowest BCUT2D eigenvalue weighted by Crippen LogP contribution is -2.07. The van der Waals surface area contributed by atoms with Gasteiger partial charge in [-0.15, -0.1) is 0 Å². The van der Waals surface area contributed by atoms with Crippen molar-refractivity contribution in [2.45, 2.75) is 19.8 Å². The lowest BCUT2D eigenvalue weighted by molar-refractivity contribution is 0.798. The minimum Gasteiger partial charge on any atom is -0.329 e. The van der Waals surface area contributed by atoms with Gasteiger partial charge in [0.2, 0.25) is 5.56 Å². The largest absolute Gasteiger partial charge is 0.329 e. The number of nitrogens with one attached hydrogen (secondary N) is 1. The number of nitrogens with zero attached hydrogens (tertiary/aromatic N) is 3. The average Bonchev–Trinajstić information content (AvgIpc) is 2.93. The number of pyridine rings is 1. The van der Waals surface area contributed by atoms with E-state index in [4.69, 9.17) is 11.6 Å². The zero-order valence-corrected chi connectivity index (χ0v) is 12.8. The van der Waals surface area contributed by atoms with Crippen LogP contribution in [0.5, 0.6) is 0 Å². The van der Waals surface area contributed by atoms with Crippen LogP contribution in [0, 0.1) is 0 Å². The summed E-state index contributed by atoms with van der Waals surface area (Å²) >= 11 is 5.94. The summed E-state index contributed by atoms with van der Waals surface area (Å²) in [5.74, 6) is 1.61. The van der Waals surface area contributed by atoms with Crippen molar-refractivity contribution in [1.82, 2.24) is 19.7 Å². The predicted molar refractivity (Wildman–Crippen MR) is 85.6 cm³/mol. The van der Waals surface area contributed by atoms with Gasteiger partial charge >= 0.3 is 0 Å².